The van der Waals surface area contributed by atoms with Crippen LogP contribution in [0.2, 0.25) is 0 Å². The van der Waals surface area contributed by atoms with Crippen LogP contribution < -0.4 is 10.5 Å². The summed E-state index contributed by atoms with van der Waals surface area (Å²) in [4.78, 5) is 0. The Morgan fingerprint density at radius 2 is 2.22 bits per heavy atom. The molecule has 0 unspecified atom stereocenters. The van der Waals surface area contributed by atoms with E-state index in [1.807, 2.05) is 12.1 Å². The predicted octanol–water partition coefficient (Wildman–Crippen LogP) is 1.06. The summed E-state index contributed by atoms with van der Waals surface area (Å²) in [5.41, 5.74) is 7.41. The molecule has 7 heteroatoms. The number of hydrogen-bond acceptors (Lipinski definition) is 4. The molecule has 1 aliphatic heterocycles. The quantitative estimate of drug-likeness (QED) is 0.877. The van der Waals surface area contributed by atoms with E-state index in [2.05, 4.69) is 15.9 Å². The van der Waals surface area contributed by atoms with Crippen LogP contribution in [-0.2, 0) is 23.1 Å². The van der Waals surface area contributed by atoms with E-state index in [4.69, 9.17) is 10.5 Å². The Morgan fingerprint density at radius 3 is 2.83 bits per heavy atom. The molecule has 1 aromatic rings. The van der Waals surface area contributed by atoms with E-state index in [9.17, 15) is 8.42 Å². The van der Waals surface area contributed by atoms with Gasteiger partial charge in [0.25, 0.3) is 0 Å². The van der Waals surface area contributed by atoms with E-state index in [1.54, 1.807) is 0 Å². The van der Waals surface area contributed by atoms with Crippen LogP contribution in [0.3, 0.4) is 0 Å². The molecule has 0 aromatic heterocycles. The van der Waals surface area contributed by atoms with Crippen molar-refractivity contribution in [2.45, 2.75) is 13.1 Å². The van der Waals surface area contributed by atoms with E-state index >= 15 is 0 Å². The summed E-state index contributed by atoms with van der Waals surface area (Å²) in [7, 11) is -3.22. The van der Waals surface area contributed by atoms with E-state index in [0.717, 1.165) is 15.6 Å². The first-order chi connectivity index (χ1) is 8.41. The van der Waals surface area contributed by atoms with Gasteiger partial charge in [-0.25, -0.2) is 8.42 Å². The molecule has 0 saturated heterocycles. The molecular formula is C11H15BrN2O3S. The Labute approximate surface area is 115 Å². The molecule has 0 radical (unpaired) electrons. The van der Waals surface area contributed by atoms with Crippen molar-refractivity contribution < 1.29 is 13.2 Å². The van der Waals surface area contributed by atoms with Crippen molar-refractivity contribution in [3.05, 3.63) is 27.7 Å². The predicted molar refractivity (Wildman–Crippen MR) is 72.8 cm³/mol. The molecule has 1 aliphatic rings. The Morgan fingerprint density at radius 1 is 1.50 bits per heavy atom. The Kier molecular flexibility index (Phi) is 3.96. The van der Waals surface area contributed by atoms with Gasteiger partial charge in [0.05, 0.1) is 6.26 Å². The van der Waals surface area contributed by atoms with Gasteiger partial charge in [-0.1, -0.05) is 15.9 Å². The second-order valence-electron chi connectivity index (χ2n) is 4.20. The van der Waals surface area contributed by atoms with Gasteiger partial charge >= 0.3 is 0 Å². The van der Waals surface area contributed by atoms with Crippen molar-refractivity contribution in [1.29, 1.82) is 0 Å². The van der Waals surface area contributed by atoms with Gasteiger partial charge in [-0.2, -0.15) is 4.31 Å². The number of nitrogens with zero attached hydrogens (tertiary/aromatic N) is 1. The number of ether oxygens (including phenoxy) is 1. The third-order valence-corrected chi connectivity index (χ3v) is 4.54. The fourth-order valence-corrected chi connectivity index (χ4v) is 3.30. The zero-order chi connectivity index (χ0) is 13.3. The van der Waals surface area contributed by atoms with Gasteiger partial charge in [0.15, 0.2) is 0 Å². The molecule has 0 aliphatic carbocycles. The van der Waals surface area contributed by atoms with Crippen LogP contribution in [0.5, 0.6) is 5.75 Å². The Balaban J connectivity index is 2.46. The molecular weight excluding hydrogens is 320 g/mol. The number of fused-ring (bicyclic) bond motifs is 1. The second-order valence-corrected chi connectivity index (χ2v) is 7.10. The van der Waals surface area contributed by atoms with Gasteiger partial charge in [-0.05, 0) is 12.1 Å². The van der Waals surface area contributed by atoms with Crippen molar-refractivity contribution in [3.63, 3.8) is 0 Å². The minimum Gasteiger partial charge on any atom is -0.492 e. The zero-order valence-electron chi connectivity index (χ0n) is 10.0. The summed E-state index contributed by atoms with van der Waals surface area (Å²) in [6.45, 7) is 1.38. The summed E-state index contributed by atoms with van der Waals surface area (Å²) < 4.78 is 31.2. The molecule has 1 aromatic carbocycles. The third-order valence-electron chi connectivity index (χ3n) is 2.83. The minimum absolute atomic E-state index is 0.320. The molecule has 2 rings (SSSR count). The van der Waals surface area contributed by atoms with Gasteiger partial charge in [-0.15, -0.1) is 0 Å². The van der Waals surface area contributed by atoms with Crippen molar-refractivity contribution in [2.24, 2.45) is 5.73 Å². The first kappa shape index (κ1) is 13.8. The first-order valence-electron chi connectivity index (χ1n) is 5.51. The van der Waals surface area contributed by atoms with Crippen LogP contribution in [-0.4, -0.2) is 32.1 Å². The first-order valence-corrected chi connectivity index (χ1v) is 8.15. The highest BCUT2D eigenvalue weighted by atomic mass is 79.9. The lowest BCUT2D eigenvalue weighted by Crippen LogP contribution is -2.31. The number of halogens is 1. The van der Waals surface area contributed by atoms with E-state index in [-0.39, 0.29) is 0 Å². The standard InChI is InChI=1S/C11H15BrN2O3S/c1-18(15,16)14-2-3-17-11-8(6-13)4-10(12)5-9(11)7-14/h4-5H,2-3,6-7,13H2,1H3. The van der Waals surface area contributed by atoms with Crippen molar-refractivity contribution in [2.75, 3.05) is 19.4 Å². The van der Waals surface area contributed by atoms with Crippen molar-refractivity contribution >= 4 is 26.0 Å². The molecule has 0 bridgehead atoms. The maximum atomic E-state index is 11.6. The summed E-state index contributed by atoms with van der Waals surface area (Å²) in [5, 5.41) is 0. The average molecular weight is 335 g/mol. The molecule has 0 atom stereocenters. The SMILES string of the molecule is CS(=O)(=O)N1CCOc2c(CN)cc(Br)cc2C1. The van der Waals surface area contributed by atoms with E-state index in [1.165, 1.54) is 10.6 Å². The van der Waals surface area contributed by atoms with Gasteiger partial charge in [0.1, 0.15) is 12.4 Å². The molecule has 0 amide bonds. The van der Waals surface area contributed by atoms with Crippen LogP contribution in [0, 0.1) is 0 Å². The Bertz CT molecular complexity index is 560. The average Bonchev–Trinajstić information content (AvgIpc) is 2.49. The van der Waals surface area contributed by atoms with Crippen LogP contribution in [0.15, 0.2) is 16.6 Å². The second kappa shape index (κ2) is 5.16. The maximum absolute atomic E-state index is 11.6. The number of benzene rings is 1. The molecule has 0 saturated carbocycles. The highest BCUT2D eigenvalue weighted by Gasteiger charge is 2.23. The lowest BCUT2D eigenvalue weighted by Gasteiger charge is -2.16. The summed E-state index contributed by atoms with van der Waals surface area (Å²) in [5.74, 6) is 0.715. The van der Waals surface area contributed by atoms with Crippen LogP contribution >= 0.6 is 15.9 Å². The van der Waals surface area contributed by atoms with E-state index < -0.39 is 10.0 Å². The maximum Gasteiger partial charge on any atom is 0.211 e. The van der Waals surface area contributed by atoms with Crippen LogP contribution in [0.4, 0.5) is 0 Å². The molecule has 2 N–H and O–H groups in total. The lowest BCUT2D eigenvalue weighted by atomic mass is 10.1. The highest BCUT2D eigenvalue weighted by Crippen LogP contribution is 2.31. The fourth-order valence-electron chi connectivity index (χ4n) is 1.97. The van der Waals surface area contributed by atoms with Gasteiger partial charge < -0.3 is 10.5 Å². The van der Waals surface area contributed by atoms with Gasteiger partial charge in [-0.3, -0.25) is 0 Å². The van der Waals surface area contributed by atoms with Crippen LogP contribution in [0.25, 0.3) is 0 Å². The van der Waals surface area contributed by atoms with Gasteiger partial charge in [0.2, 0.25) is 10.0 Å². The molecule has 0 fully saturated rings. The largest absolute Gasteiger partial charge is 0.492 e. The van der Waals surface area contributed by atoms with Gasteiger partial charge in [0, 0.05) is 35.2 Å². The molecule has 1 heterocycles. The fraction of sp³-hybridized carbons (Fsp3) is 0.455. The normalized spacial score (nSPS) is 16.8. The van der Waals surface area contributed by atoms with Crippen molar-refractivity contribution in [3.8, 4) is 5.75 Å². The van der Waals surface area contributed by atoms with Crippen molar-refractivity contribution in [1.82, 2.24) is 4.31 Å². The minimum atomic E-state index is -3.22. The summed E-state index contributed by atoms with van der Waals surface area (Å²) in [6, 6.07) is 3.77. The smallest absolute Gasteiger partial charge is 0.211 e. The summed E-state index contributed by atoms with van der Waals surface area (Å²) >= 11 is 3.40. The summed E-state index contributed by atoms with van der Waals surface area (Å²) in [6.07, 6.45) is 1.21. The number of rotatable bonds is 2. The molecule has 100 valence electrons. The van der Waals surface area contributed by atoms with E-state index in [0.29, 0.717) is 32.0 Å². The number of nitrogens with two attached hydrogens (primary N) is 1. The lowest BCUT2D eigenvalue weighted by molar-refractivity contribution is 0.291. The monoisotopic (exact) mass is 334 g/mol. The third kappa shape index (κ3) is 2.85. The van der Waals surface area contributed by atoms with Crippen LogP contribution in [0.1, 0.15) is 11.1 Å². The molecule has 18 heavy (non-hydrogen) atoms. The number of hydrogen-bond donors (Lipinski definition) is 1. The highest BCUT2D eigenvalue weighted by molar-refractivity contribution is 9.10. The molecule has 0 spiro atoms. The topological polar surface area (TPSA) is 72.6 Å². The number of sulfonamides is 1. The zero-order valence-corrected chi connectivity index (χ0v) is 12.4. The molecule has 5 nitrogen and oxygen atoms in total. The Hall–Kier alpha value is -0.630.